The van der Waals surface area contributed by atoms with Gasteiger partial charge in [0.2, 0.25) is 0 Å². The maximum absolute atomic E-state index is 12.5. The zero-order chi connectivity index (χ0) is 10.9. The van der Waals surface area contributed by atoms with Crippen LogP contribution in [0.2, 0.25) is 0 Å². The minimum Gasteiger partial charge on any atom is -0.339 e. The number of hydrogen-bond donors (Lipinski definition) is 3. The van der Waals surface area contributed by atoms with Crippen molar-refractivity contribution in [2.24, 2.45) is 0 Å². The lowest BCUT2D eigenvalue weighted by molar-refractivity contribution is -0.445. The summed E-state index contributed by atoms with van der Waals surface area (Å²) in [6.07, 6.45) is -1.53. The zero-order valence-corrected chi connectivity index (χ0v) is 6.77. The van der Waals surface area contributed by atoms with E-state index in [0.29, 0.717) is 0 Å². The first-order valence-corrected chi connectivity index (χ1v) is 3.49. The van der Waals surface area contributed by atoms with E-state index in [9.17, 15) is 17.6 Å². The van der Waals surface area contributed by atoms with Gasteiger partial charge >= 0.3 is 17.8 Å². The van der Waals surface area contributed by atoms with Gasteiger partial charge in [0.25, 0.3) is 0 Å². The highest BCUT2D eigenvalue weighted by molar-refractivity contribution is 4.89. The molecule has 0 saturated heterocycles. The summed E-state index contributed by atoms with van der Waals surface area (Å²) in [6.45, 7) is 1.22. The van der Waals surface area contributed by atoms with E-state index in [4.69, 9.17) is 15.3 Å². The molecule has 0 aliphatic heterocycles. The van der Waals surface area contributed by atoms with Crippen molar-refractivity contribution in [1.29, 1.82) is 0 Å². The molecule has 0 amide bonds. The molecule has 0 saturated carbocycles. The predicted molar refractivity (Wildman–Crippen MR) is 34.2 cm³/mol. The summed E-state index contributed by atoms with van der Waals surface area (Å²) in [5.74, 6) is -14.6. The molecule has 0 aromatic rings. The van der Waals surface area contributed by atoms with Gasteiger partial charge in [0.1, 0.15) is 0 Å². The number of halogens is 4. The summed E-state index contributed by atoms with van der Waals surface area (Å²) in [7, 11) is 0. The maximum Gasteiger partial charge on any atom is 0.388 e. The zero-order valence-electron chi connectivity index (χ0n) is 6.77. The predicted octanol–water partition coefficient (Wildman–Crippen LogP) is 0.688. The molecule has 0 rings (SSSR count). The minimum absolute atomic E-state index is 0.279. The van der Waals surface area contributed by atoms with E-state index in [1.807, 2.05) is 0 Å². The van der Waals surface area contributed by atoms with Crippen LogP contribution in [0.15, 0.2) is 0 Å². The molecule has 0 bridgehead atoms. The lowest BCUT2D eigenvalue weighted by atomic mass is 10.1. The normalized spacial score (nSPS) is 14.8. The van der Waals surface area contributed by atoms with Gasteiger partial charge in [-0.05, 0) is 0 Å². The van der Waals surface area contributed by atoms with Crippen LogP contribution in [0.4, 0.5) is 17.6 Å². The largest absolute Gasteiger partial charge is 0.388 e. The second-order valence-corrected chi connectivity index (χ2v) is 2.66. The topological polar surface area (TPSA) is 60.7 Å². The molecule has 0 aromatic carbocycles. The number of hydrogen-bond acceptors (Lipinski definition) is 3. The SMILES string of the molecule is CCCC(F)(F)C(F)(F)C(O)(O)O. The van der Waals surface area contributed by atoms with Gasteiger partial charge < -0.3 is 15.3 Å². The van der Waals surface area contributed by atoms with Crippen LogP contribution in [0, 0.1) is 0 Å². The Balaban J connectivity index is 4.81. The van der Waals surface area contributed by atoms with Gasteiger partial charge in [-0.1, -0.05) is 13.3 Å². The molecular weight excluding hydrogens is 196 g/mol. The fraction of sp³-hybridized carbons (Fsp3) is 1.00. The summed E-state index contributed by atoms with van der Waals surface area (Å²) in [5.41, 5.74) is 0. The number of aliphatic hydroxyl groups is 3. The molecule has 0 radical (unpaired) electrons. The molecular formula is C6H10F4O3. The van der Waals surface area contributed by atoms with Gasteiger partial charge in [-0.25, -0.2) is 0 Å². The van der Waals surface area contributed by atoms with E-state index in [-0.39, 0.29) is 6.42 Å². The van der Waals surface area contributed by atoms with Crippen molar-refractivity contribution in [3.63, 3.8) is 0 Å². The summed E-state index contributed by atoms with van der Waals surface area (Å²) in [5, 5.41) is 24.0. The van der Waals surface area contributed by atoms with Crippen LogP contribution < -0.4 is 0 Å². The van der Waals surface area contributed by atoms with Gasteiger partial charge in [0.15, 0.2) is 0 Å². The average molecular weight is 206 g/mol. The van der Waals surface area contributed by atoms with Gasteiger partial charge in [-0.15, -0.1) is 0 Å². The molecule has 0 aliphatic carbocycles. The van der Waals surface area contributed by atoms with Crippen molar-refractivity contribution < 1.29 is 32.9 Å². The first kappa shape index (κ1) is 12.6. The Labute approximate surface area is 71.6 Å². The molecule has 0 spiro atoms. The standard InChI is InChI=1S/C6H10F4O3/c1-2-3-4(7,8)5(9,10)6(11,12)13/h11-13H,2-3H2,1H3. The van der Waals surface area contributed by atoms with Crippen molar-refractivity contribution in [2.45, 2.75) is 37.6 Å². The van der Waals surface area contributed by atoms with Crippen molar-refractivity contribution >= 4 is 0 Å². The second-order valence-electron chi connectivity index (χ2n) is 2.66. The highest BCUT2D eigenvalue weighted by atomic mass is 19.3. The smallest absolute Gasteiger partial charge is 0.339 e. The van der Waals surface area contributed by atoms with Gasteiger partial charge in [0, 0.05) is 6.42 Å². The third-order valence-corrected chi connectivity index (χ3v) is 1.44. The summed E-state index contributed by atoms with van der Waals surface area (Å²) < 4.78 is 49.7. The van der Waals surface area contributed by atoms with E-state index < -0.39 is 24.2 Å². The van der Waals surface area contributed by atoms with Gasteiger partial charge in [-0.2, -0.15) is 17.6 Å². The first-order chi connectivity index (χ1) is 5.56. The third kappa shape index (κ3) is 2.29. The average Bonchev–Trinajstić information content (AvgIpc) is 1.84. The van der Waals surface area contributed by atoms with E-state index >= 15 is 0 Å². The van der Waals surface area contributed by atoms with Crippen molar-refractivity contribution in [3.8, 4) is 0 Å². The van der Waals surface area contributed by atoms with Gasteiger partial charge in [-0.3, -0.25) is 0 Å². The highest BCUT2D eigenvalue weighted by Gasteiger charge is 2.68. The Bertz CT molecular complexity index is 175. The summed E-state index contributed by atoms with van der Waals surface area (Å²) in [4.78, 5) is 0. The second kappa shape index (κ2) is 3.39. The Kier molecular flexibility index (Phi) is 3.29. The molecule has 0 aromatic heterocycles. The van der Waals surface area contributed by atoms with Crippen LogP contribution in [-0.4, -0.2) is 33.1 Å². The van der Waals surface area contributed by atoms with Crippen LogP contribution in [-0.2, 0) is 0 Å². The summed E-state index contributed by atoms with van der Waals surface area (Å²) >= 11 is 0. The van der Waals surface area contributed by atoms with E-state index in [1.54, 1.807) is 0 Å². The van der Waals surface area contributed by atoms with E-state index in [2.05, 4.69) is 0 Å². The Morgan fingerprint density at radius 3 is 1.62 bits per heavy atom. The molecule has 0 heterocycles. The van der Waals surface area contributed by atoms with E-state index in [1.165, 1.54) is 6.92 Å². The minimum atomic E-state index is -5.28. The number of rotatable bonds is 4. The van der Waals surface area contributed by atoms with Crippen LogP contribution in [0.5, 0.6) is 0 Å². The molecule has 80 valence electrons. The van der Waals surface area contributed by atoms with Crippen LogP contribution >= 0.6 is 0 Å². The van der Waals surface area contributed by atoms with Gasteiger partial charge in [0.05, 0.1) is 0 Å². The van der Waals surface area contributed by atoms with Crippen LogP contribution in [0.3, 0.4) is 0 Å². The highest BCUT2D eigenvalue weighted by Crippen LogP contribution is 2.42. The van der Waals surface area contributed by atoms with Crippen molar-refractivity contribution in [2.75, 3.05) is 0 Å². The van der Waals surface area contributed by atoms with Crippen LogP contribution in [0.1, 0.15) is 19.8 Å². The maximum atomic E-state index is 12.5. The van der Waals surface area contributed by atoms with Crippen molar-refractivity contribution in [3.05, 3.63) is 0 Å². The van der Waals surface area contributed by atoms with Crippen molar-refractivity contribution in [1.82, 2.24) is 0 Å². The molecule has 3 nitrogen and oxygen atoms in total. The molecule has 0 aliphatic rings. The lowest BCUT2D eigenvalue weighted by Gasteiger charge is -2.31. The Hall–Kier alpha value is -0.400. The molecule has 0 atom stereocenters. The quantitative estimate of drug-likeness (QED) is 0.468. The fourth-order valence-corrected chi connectivity index (χ4v) is 0.716. The first-order valence-electron chi connectivity index (χ1n) is 3.49. The Morgan fingerprint density at radius 2 is 1.38 bits per heavy atom. The van der Waals surface area contributed by atoms with Crippen LogP contribution in [0.25, 0.3) is 0 Å². The molecule has 7 heteroatoms. The monoisotopic (exact) mass is 206 g/mol. The fourth-order valence-electron chi connectivity index (χ4n) is 0.716. The molecule has 0 fully saturated rings. The molecule has 13 heavy (non-hydrogen) atoms. The number of alkyl halides is 4. The van der Waals surface area contributed by atoms with E-state index in [0.717, 1.165) is 0 Å². The summed E-state index contributed by atoms with van der Waals surface area (Å²) in [6, 6.07) is 0. The Morgan fingerprint density at radius 1 is 1.00 bits per heavy atom. The third-order valence-electron chi connectivity index (χ3n) is 1.44. The molecule has 0 unspecified atom stereocenters. The lowest BCUT2D eigenvalue weighted by Crippen LogP contribution is -2.58. The molecule has 3 N–H and O–H groups in total.